The van der Waals surface area contributed by atoms with E-state index in [1.165, 1.54) is 7.05 Å². The van der Waals surface area contributed by atoms with Gasteiger partial charge in [0.25, 0.3) is 0 Å². The number of nitrogens with zero attached hydrogens (tertiary/aromatic N) is 1. The van der Waals surface area contributed by atoms with E-state index in [1.54, 1.807) is 0 Å². The van der Waals surface area contributed by atoms with Crippen molar-refractivity contribution in [3.8, 4) is 0 Å². The van der Waals surface area contributed by atoms with E-state index in [4.69, 9.17) is 5.73 Å². The Morgan fingerprint density at radius 3 is 2.37 bits per heavy atom. The number of likely N-dealkylation sites (tertiary alicyclic amines) is 1. The molecule has 1 heterocycles. The molecule has 5 nitrogen and oxygen atoms in total. The molecule has 1 aliphatic heterocycles. The number of carbonyl (C=O) groups is 2. The lowest BCUT2D eigenvalue weighted by Gasteiger charge is -2.28. The van der Waals surface area contributed by atoms with Crippen molar-refractivity contribution < 1.29 is 22.8 Å². The maximum absolute atomic E-state index is 12.9. The van der Waals surface area contributed by atoms with Crippen LogP contribution in [0.4, 0.5) is 13.2 Å². The SMILES string of the molecule is CNC(=O)[C@@H]1C[C@H](N)CN1C(=O)C1(C(F)(F)F)CC1. The minimum atomic E-state index is -4.57. The van der Waals surface area contributed by atoms with Gasteiger partial charge in [0.15, 0.2) is 0 Å². The molecule has 0 spiro atoms. The number of carbonyl (C=O) groups excluding carboxylic acids is 2. The molecular weight excluding hydrogens is 263 g/mol. The lowest BCUT2D eigenvalue weighted by Crippen LogP contribution is -2.50. The molecule has 0 aromatic heterocycles. The zero-order valence-corrected chi connectivity index (χ0v) is 10.5. The van der Waals surface area contributed by atoms with Gasteiger partial charge in [0.2, 0.25) is 11.8 Å². The maximum Gasteiger partial charge on any atom is 0.403 e. The number of alkyl halides is 3. The van der Waals surface area contributed by atoms with Crippen molar-refractivity contribution >= 4 is 11.8 Å². The van der Waals surface area contributed by atoms with Gasteiger partial charge >= 0.3 is 6.18 Å². The fourth-order valence-electron chi connectivity index (χ4n) is 2.53. The van der Waals surface area contributed by atoms with Crippen LogP contribution in [0.15, 0.2) is 0 Å². The summed E-state index contributed by atoms with van der Waals surface area (Å²) in [5.74, 6) is -1.49. The van der Waals surface area contributed by atoms with Crippen molar-refractivity contribution in [3.63, 3.8) is 0 Å². The summed E-state index contributed by atoms with van der Waals surface area (Å²) in [6.45, 7) is -0.00521. The van der Waals surface area contributed by atoms with Crippen LogP contribution in [0.1, 0.15) is 19.3 Å². The molecule has 2 amide bonds. The summed E-state index contributed by atoms with van der Waals surface area (Å²) in [6.07, 6.45) is -4.79. The van der Waals surface area contributed by atoms with E-state index in [9.17, 15) is 22.8 Å². The van der Waals surface area contributed by atoms with Crippen LogP contribution in [-0.4, -0.2) is 48.6 Å². The second-order valence-corrected chi connectivity index (χ2v) is 5.16. The third kappa shape index (κ3) is 2.18. The first-order valence-electron chi connectivity index (χ1n) is 6.08. The fraction of sp³-hybridized carbons (Fsp3) is 0.818. The van der Waals surface area contributed by atoms with E-state index in [1.807, 2.05) is 0 Å². The zero-order valence-electron chi connectivity index (χ0n) is 10.5. The highest BCUT2D eigenvalue weighted by Crippen LogP contribution is 2.59. The minimum absolute atomic E-state index is 0.00521. The number of hydrogen-bond acceptors (Lipinski definition) is 3. The highest BCUT2D eigenvalue weighted by atomic mass is 19.4. The average Bonchev–Trinajstić information content (AvgIpc) is 3.05. The van der Waals surface area contributed by atoms with E-state index in [-0.39, 0.29) is 25.8 Å². The Morgan fingerprint density at radius 2 is 1.95 bits per heavy atom. The number of likely N-dealkylation sites (N-methyl/N-ethyl adjacent to an activating group) is 1. The molecule has 1 aliphatic carbocycles. The lowest BCUT2D eigenvalue weighted by molar-refractivity contribution is -0.199. The highest BCUT2D eigenvalue weighted by Gasteiger charge is 2.70. The first-order chi connectivity index (χ1) is 8.73. The molecule has 0 aromatic rings. The predicted octanol–water partition coefficient (Wildman–Crippen LogP) is 0.00310. The molecular formula is C11H16F3N3O2. The second-order valence-electron chi connectivity index (χ2n) is 5.16. The summed E-state index contributed by atoms with van der Waals surface area (Å²) < 4.78 is 38.8. The molecule has 2 rings (SSSR count). The second kappa shape index (κ2) is 4.36. The van der Waals surface area contributed by atoms with Gasteiger partial charge in [-0.25, -0.2) is 0 Å². The summed E-state index contributed by atoms with van der Waals surface area (Å²) in [5.41, 5.74) is 3.38. The van der Waals surface area contributed by atoms with Crippen LogP contribution in [0.3, 0.4) is 0 Å². The normalized spacial score (nSPS) is 29.2. The van der Waals surface area contributed by atoms with Crippen molar-refractivity contribution in [2.24, 2.45) is 11.1 Å². The van der Waals surface area contributed by atoms with Gasteiger partial charge in [-0.2, -0.15) is 13.2 Å². The number of nitrogens with one attached hydrogen (secondary N) is 1. The largest absolute Gasteiger partial charge is 0.403 e. The molecule has 8 heteroatoms. The highest BCUT2D eigenvalue weighted by molar-refractivity contribution is 5.92. The number of rotatable bonds is 2. The van der Waals surface area contributed by atoms with Crippen LogP contribution in [0.5, 0.6) is 0 Å². The van der Waals surface area contributed by atoms with Crippen LogP contribution in [0.25, 0.3) is 0 Å². The molecule has 2 aliphatic rings. The molecule has 2 atom stereocenters. The molecule has 3 N–H and O–H groups in total. The summed E-state index contributed by atoms with van der Waals surface area (Å²) in [4.78, 5) is 24.7. The van der Waals surface area contributed by atoms with Gasteiger partial charge in [-0.3, -0.25) is 9.59 Å². The molecule has 0 radical (unpaired) electrons. The fourth-order valence-corrected chi connectivity index (χ4v) is 2.53. The maximum atomic E-state index is 12.9. The van der Waals surface area contributed by atoms with Crippen LogP contribution < -0.4 is 11.1 Å². The summed E-state index contributed by atoms with van der Waals surface area (Å²) in [7, 11) is 1.38. The average molecular weight is 279 g/mol. The molecule has 19 heavy (non-hydrogen) atoms. The van der Waals surface area contributed by atoms with Crippen molar-refractivity contribution in [2.45, 2.75) is 37.5 Å². The molecule has 2 fully saturated rings. The van der Waals surface area contributed by atoms with Gasteiger partial charge in [-0.05, 0) is 19.3 Å². The Kier molecular flexibility index (Phi) is 3.24. The molecule has 0 unspecified atom stereocenters. The third-order valence-corrected chi connectivity index (χ3v) is 3.85. The number of halogens is 3. The Hall–Kier alpha value is -1.31. The van der Waals surface area contributed by atoms with E-state index in [0.717, 1.165) is 4.90 Å². The monoisotopic (exact) mass is 279 g/mol. The van der Waals surface area contributed by atoms with E-state index in [2.05, 4.69) is 5.32 Å². The van der Waals surface area contributed by atoms with Gasteiger partial charge < -0.3 is 16.0 Å². The first-order valence-corrected chi connectivity index (χ1v) is 6.08. The zero-order chi connectivity index (χ0) is 14.4. The van der Waals surface area contributed by atoms with Crippen LogP contribution in [-0.2, 0) is 9.59 Å². The van der Waals surface area contributed by atoms with Gasteiger partial charge in [-0.1, -0.05) is 0 Å². The smallest absolute Gasteiger partial charge is 0.357 e. The van der Waals surface area contributed by atoms with Crippen molar-refractivity contribution in [1.29, 1.82) is 0 Å². The molecule has 1 saturated carbocycles. The topological polar surface area (TPSA) is 75.4 Å². The first kappa shape index (κ1) is 14.1. The Labute approximate surface area is 108 Å². The lowest BCUT2D eigenvalue weighted by atomic mass is 10.0. The molecule has 0 aromatic carbocycles. The van der Waals surface area contributed by atoms with E-state index >= 15 is 0 Å². The molecule has 1 saturated heterocycles. The van der Waals surface area contributed by atoms with E-state index in [0.29, 0.717) is 0 Å². The molecule has 0 bridgehead atoms. The summed E-state index contributed by atoms with van der Waals surface area (Å²) in [6, 6.07) is -1.36. The van der Waals surface area contributed by atoms with Gasteiger partial charge in [0.05, 0.1) is 0 Å². The Balaban J connectivity index is 2.21. The summed E-state index contributed by atoms with van der Waals surface area (Å²) >= 11 is 0. The van der Waals surface area contributed by atoms with Crippen LogP contribution in [0, 0.1) is 5.41 Å². The quantitative estimate of drug-likeness (QED) is 0.747. The summed E-state index contributed by atoms with van der Waals surface area (Å²) in [5, 5.41) is 2.35. The van der Waals surface area contributed by atoms with Gasteiger partial charge in [0, 0.05) is 19.6 Å². The number of amides is 2. The van der Waals surface area contributed by atoms with Crippen molar-refractivity contribution in [1.82, 2.24) is 10.2 Å². The number of hydrogen-bond donors (Lipinski definition) is 2. The van der Waals surface area contributed by atoms with Crippen LogP contribution >= 0.6 is 0 Å². The Bertz CT molecular complexity index is 406. The van der Waals surface area contributed by atoms with Crippen molar-refractivity contribution in [3.05, 3.63) is 0 Å². The third-order valence-electron chi connectivity index (χ3n) is 3.85. The predicted molar refractivity (Wildman–Crippen MR) is 59.9 cm³/mol. The minimum Gasteiger partial charge on any atom is -0.357 e. The van der Waals surface area contributed by atoms with E-state index < -0.39 is 35.5 Å². The Morgan fingerprint density at radius 1 is 1.37 bits per heavy atom. The van der Waals surface area contributed by atoms with Gasteiger partial charge in [0.1, 0.15) is 11.5 Å². The number of nitrogens with two attached hydrogens (primary N) is 1. The van der Waals surface area contributed by atoms with Crippen LogP contribution in [0.2, 0.25) is 0 Å². The molecule has 108 valence electrons. The standard InChI is InChI=1S/C11H16F3N3O2/c1-16-8(18)7-4-6(15)5-17(7)9(19)10(2-3-10)11(12,13)14/h6-7H,2-5,15H2,1H3,(H,16,18)/t6-,7-/m0/s1. The van der Waals surface area contributed by atoms with Crippen molar-refractivity contribution in [2.75, 3.05) is 13.6 Å². The van der Waals surface area contributed by atoms with Gasteiger partial charge in [-0.15, -0.1) is 0 Å².